The highest BCUT2D eigenvalue weighted by Crippen LogP contribution is 2.26. The van der Waals surface area contributed by atoms with Gasteiger partial charge in [0.25, 0.3) is 5.91 Å². The molecule has 0 aromatic heterocycles. The maximum absolute atomic E-state index is 12.8. The summed E-state index contributed by atoms with van der Waals surface area (Å²) >= 11 is 0. The standard InChI is InChI=1S/C19H25N3O6S2/c1-5-22(6-2)30(26,27)16-11-12-18(28-4)17(13-16)19(23)21-14-7-9-15(10-8-14)29(24,25)20-3/h7-13,20H,5-6H2,1-4H3,(H,21,23). The Morgan fingerprint density at radius 3 is 2.03 bits per heavy atom. The van der Waals surface area contributed by atoms with Crippen LogP contribution in [0.4, 0.5) is 5.69 Å². The summed E-state index contributed by atoms with van der Waals surface area (Å²) in [7, 11) is -4.67. The molecule has 0 atom stereocenters. The number of hydrogen-bond acceptors (Lipinski definition) is 6. The van der Waals surface area contributed by atoms with Crippen molar-refractivity contribution >= 4 is 31.6 Å². The molecule has 0 unspecified atom stereocenters. The second kappa shape index (κ2) is 9.56. The molecule has 9 nitrogen and oxygen atoms in total. The predicted molar refractivity (Wildman–Crippen MR) is 114 cm³/mol. The van der Waals surface area contributed by atoms with Gasteiger partial charge in [0.15, 0.2) is 0 Å². The molecule has 0 aliphatic carbocycles. The Bertz CT molecular complexity index is 1110. The lowest BCUT2D eigenvalue weighted by Gasteiger charge is -2.19. The number of nitrogens with one attached hydrogen (secondary N) is 2. The Morgan fingerprint density at radius 1 is 0.967 bits per heavy atom. The molecule has 2 N–H and O–H groups in total. The summed E-state index contributed by atoms with van der Waals surface area (Å²) < 4.78 is 57.9. The van der Waals surface area contributed by atoms with Gasteiger partial charge in [-0.1, -0.05) is 13.8 Å². The zero-order chi connectivity index (χ0) is 22.5. The topological polar surface area (TPSA) is 122 Å². The normalized spacial score (nSPS) is 12.0. The third-order valence-corrected chi connectivity index (χ3v) is 7.93. The van der Waals surface area contributed by atoms with Gasteiger partial charge >= 0.3 is 0 Å². The van der Waals surface area contributed by atoms with E-state index in [1.54, 1.807) is 13.8 Å². The minimum atomic E-state index is -3.76. The van der Waals surface area contributed by atoms with E-state index in [1.807, 2.05) is 0 Å². The van der Waals surface area contributed by atoms with Gasteiger partial charge in [0.05, 0.1) is 22.5 Å². The molecule has 0 fully saturated rings. The van der Waals surface area contributed by atoms with Crippen LogP contribution >= 0.6 is 0 Å². The first kappa shape index (κ1) is 23.8. The molecule has 0 saturated heterocycles. The molecule has 11 heteroatoms. The van der Waals surface area contributed by atoms with Crippen LogP contribution in [0.15, 0.2) is 52.3 Å². The van der Waals surface area contributed by atoms with Crippen LogP contribution < -0.4 is 14.8 Å². The van der Waals surface area contributed by atoms with E-state index in [-0.39, 0.29) is 21.1 Å². The highest BCUT2D eigenvalue weighted by molar-refractivity contribution is 7.89. The average Bonchev–Trinajstić information content (AvgIpc) is 2.74. The molecular formula is C19H25N3O6S2. The Balaban J connectivity index is 2.37. The monoisotopic (exact) mass is 455 g/mol. The summed E-state index contributed by atoms with van der Waals surface area (Å²) in [6.07, 6.45) is 0. The number of methoxy groups -OCH3 is 1. The van der Waals surface area contributed by atoms with Crippen LogP contribution in [-0.4, -0.2) is 54.3 Å². The predicted octanol–water partition coefficient (Wildman–Crippen LogP) is 1.89. The fourth-order valence-electron chi connectivity index (χ4n) is 2.77. The summed E-state index contributed by atoms with van der Waals surface area (Å²) in [5, 5.41) is 2.62. The zero-order valence-corrected chi connectivity index (χ0v) is 18.8. The summed E-state index contributed by atoms with van der Waals surface area (Å²) in [5.74, 6) is -0.381. The summed E-state index contributed by atoms with van der Waals surface area (Å²) in [6, 6.07) is 9.65. The van der Waals surface area contributed by atoms with Gasteiger partial charge in [-0.15, -0.1) is 0 Å². The van der Waals surface area contributed by atoms with E-state index in [2.05, 4.69) is 10.0 Å². The maximum atomic E-state index is 12.8. The van der Waals surface area contributed by atoms with Gasteiger partial charge in [-0.05, 0) is 49.5 Å². The van der Waals surface area contributed by atoms with Crippen LogP contribution in [0.2, 0.25) is 0 Å². The number of ether oxygens (including phenoxy) is 1. The van der Waals surface area contributed by atoms with Crippen LogP contribution in [-0.2, 0) is 20.0 Å². The number of hydrogen-bond donors (Lipinski definition) is 2. The van der Waals surface area contributed by atoms with E-state index in [1.165, 1.54) is 60.9 Å². The van der Waals surface area contributed by atoms with E-state index < -0.39 is 26.0 Å². The Morgan fingerprint density at radius 2 is 1.53 bits per heavy atom. The third kappa shape index (κ3) is 4.98. The average molecular weight is 456 g/mol. The molecule has 2 aromatic rings. The van der Waals surface area contributed by atoms with E-state index in [0.29, 0.717) is 18.8 Å². The highest BCUT2D eigenvalue weighted by atomic mass is 32.2. The highest BCUT2D eigenvalue weighted by Gasteiger charge is 2.24. The molecule has 30 heavy (non-hydrogen) atoms. The minimum Gasteiger partial charge on any atom is -0.496 e. The van der Waals surface area contributed by atoms with E-state index in [9.17, 15) is 21.6 Å². The first-order chi connectivity index (χ1) is 14.1. The first-order valence-corrected chi connectivity index (χ1v) is 12.1. The number of benzene rings is 2. The summed E-state index contributed by atoms with van der Waals surface area (Å²) in [6.45, 7) is 4.06. The van der Waals surface area contributed by atoms with E-state index in [0.717, 1.165) is 0 Å². The van der Waals surface area contributed by atoms with Gasteiger partial charge in [-0.25, -0.2) is 21.6 Å². The van der Waals surface area contributed by atoms with Crippen LogP contribution in [0, 0.1) is 0 Å². The molecular weight excluding hydrogens is 430 g/mol. The van der Waals surface area contributed by atoms with Crippen molar-refractivity contribution < 1.29 is 26.4 Å². The number of carbonyl (C=O) groups excluding carboxylic acids is 1. The Hall–Kier alpha value is -2.47. The fraction of sp³-hybridized carbons (Fsp3) is 0.316. The van der Waals surface area contributed by atoms with Gasteiger partial charge in [0, 0.05) is 18.8 Å². The fourth-order valence-corrected chi connectivity index (χ4v) is 4.99. The lowest BCUT2D eigenvalue weighted by Crippen LogP contribution is -2.30. The number of rotatable bonds is 9. The van der Waals surface area contributed by atoms with Gasteiger partial charge < -0.3 is 10.1 Å². The van der Waals surface area contributed by atoms with E-state index >= 15 is 0 Å². The van der Waals surface area contributed by atoms with Crippen LogP contribution in [0.5, 0.6) is 5.75 Å². The smallest absolute Gasteiger partial charge is 0.259 e. The molecule has 0 aliphatic heterocycles. The van der Waals surface area contributed by atoms with Gasteiger partial charge in [0.1, 0.15) is 5.75 Å². The Labute approximate surface area is 177 Å². The molecule has 2 rings (SSSR count). The number of anilines is 1. The summed E-state index contributed by atoms with van der Waals surface area (Å²) in [4.78, 5) is 12.8. The second-order valence-corrected chi connectivity index (χ2v) is 9.96. The van der Waals surface area contributed by atoms with Crippen molar-refractivity contribution in [3.05, 3.63) is 48.0 Å². The van der Waals surface area contributed by atoms with Crippen LogP contribution in [0.3, 0.4) is 0 Å². The number of sulfonamides is 2. The molecule has 2 aromatic carbocycles. The number of amides is 1. The van der Waals surface area contributed by atoms with Crippen LogP contribution in [0.1, 0.15) is 24.2 Å². The van der Waals surface area contributed by atoms with Gasteiger partial charge in [-0.2, -0.15) is 4.31 Å². The number of nitrogens with zero attached hydrogens (tertiary/aromatic N) is 1. The van der Waals surface area contributed by atoms with Crippen molar-refractivity contribution in [1.82, 2.24) is 9.03 Å². The molecule has 0 radical (unpaired) electrons. The molecule has 1 amide bonds. The molecule has 0 bridgehead atoms. The SMILES string of the molecule is CCN(CC)S(=O)(=O)c1ccc(OC)c(C(=O)Nc2ccc(S(=O)(=O)NC)cc2)c1. The van der Waals surface area contributed by atoms with Gasteiger partial charge in [0.2, 0.25) is 20.0 Å². The molecule has 0 spiro atoms. The van der Waals surface area contributed by atoms with Crippen molar-refractivity contribution in [3.63, 3.8) is 0 Å². The first-order valence-electron chi connectivity index (χ1n) is 9.13. The Kier molecular flexibility index (Phi) is 7.59. The maximum Gasteiger partial charge on any atom is 0.259 e. The molecule has 0 heterocycles. The van der Waals surface area contributed by atoms with Crippen molar-refractivity contribution in [2.24, 2.45) is 0 Å². The quantitative estimate of drug-likeness (QED) is 0.595. The lowest BCUT2D eigenvalue weighted by molar-refractivity contribution is 0.102. The largest absolute Gasteiger partial charge is 0.496 e. The van der Waals surface area contributed by atoms with E-state index in [4.69, 9.17) is 4.74 Å². The minimum absolute atomic E-state index is 0.0207. The summed E-state index contributed by atoms with van der Waals surface area (Å²) in [5.41, 5.74) is 0.381. The van der Waals surface area contributed by atoms with Crippen molar-refractivity contribution in [1.29, 1.82) is 0 Å². The third-order valence-electron chi connectivity index (χ3n) is 4.45. The second-order valence-electron chi connectivity index (χ2n) is 6.14. The number of carbonyl (C=O) groups is 1. The van der Waals surface area contributed by atoms with Gasteiger partial charge in [-0.3, -0.25) is 4.79 Å². The molecule has 0 saturated carbocycles. The van der Waals surface area contributed by atoms with Crippen molar-refractivity contribution in [3.8, 4) is 5.75 Å². The lowest BCUT2D eigenvalue weighted by atomic mass is 10.2. The van der Waals surface area contributed by atoms with Crippen molar-refractivity contribution in [2.45, 2.75) is 23.6 Å². The zero-order valence-electron chi connectivity index (χ0n) is 17.2. The van der Waals surface area contributed by atoms with Crippen LogP contribution in [0.25, 0.3) is 0 Å². The van der Waals surface area contributed by atoms with Crippen molar-refractivity contribution in [2.75, 3.05) is 32.6 Å². The molecule has 164 valence electrons. The molecule has 0 aliphatic rings.